The average Bonchev–Trinajstić information content (AvgIpc) is 2.60. The number of hydrogen-bond acceptors (Lipinski definition) is 3. The Balaban J connectivity index is 1.77. The van der Waals surface area contributed by atoms with Crippen LogP contribution in [0.5, 0.6) is 5.75 Å². The van der Waals surface area contributed by atoms with Gasteiger partial charge in [-0.2, -0.15) is 0 Å². The predicted octanol–water partition coefficient (Wildman–Crippen LogP) is 3.09. The van der Waals surface area contributed by atoms with Crippen molar-refractivity contribution in [2.24, 2.45) is 0 Å². The number of amides is 2. The molecule has 2 rings (SSSR count). The minimum Gasteiger partial charge on any atom is -0.483 e. The Morgan fingerprint density at radius 2 is 1.80 bits per heavy atom. The molecule has 0 fully saturated rings. The van der Waals surface area contributed by atoms with Crippen LogP contribution < -0.4 is 15.6 Å². The van der Waals surface area contributed by atoms with Crippen LogP contribution in [-0.2, 0) is 22.4 Å². The molecule has 0 aromatic heterocycles. The van der Waals surface area contributed by atoms with Gasteiger partial charge < -0.3 is 4.74 Å². The molecule has 0 atom stereocenters. The molecular formula is C19H21BrN2O3. The molecule has 0 heterocycles. The Kier molecular flexibility index (Phi) is 7.01. The smallest absolute Gasteiger partial charge is 0.276 e. The second-order valence-corrected chi connectivity index (χ2v) is 6.46. The largest absolute Gasteiger partial charge is 0.483 e. The molecule has 25 heavy (non-hydrogen) atoms. The van der Waals surface area contributed by atoms with Gasteiger partial charge in [0.05, 0.1) is 10.9 Å². The summed E-state index contributed by atoms with van der Waals surface area (Å²) in [6.45, 7) is 3.82. The van der Waals surface area contributed by atoms with Crippen molar-refractivity contribution in [3.05, 3.63) is 63.6 Å². The molecule has 0 bridgehead atoms. The maximum absolute atomic E-state index is 11.9. The molecule has 2 amide bonds. The quantitative estimate of drug-likeness (QED) is 0.726. The Bertz CT molecular complexity index is 762. The number of aryl methyl sites for hydroxylation is 2. The average molecular weight is 405 g/mol. The molecule has 0 radical (unpaired) electrons. The number of hydrazine groups is 1. The number of benzene rings is 2. The second-order valence-electron chi connectivity index (χ2n) is 5.61. The van der Waals surface area contributed by atoms with Gasteiger partial charge in [0.25, 0.3) is 5.91 Å². The number of rotatable bonds is 6. The molecule has 0 aliphatic rings. The van der Waals surface area contributed by atoms with Gasteiger partial charge in [-0.1, -0.05) is 37.3 Å². The summed E-state index contributed by atoms with van der Waals surface area (Å²) in [5.74, 6) is -0.126. The molecule has 0 saturated carbocycles. The van der Waals surface area contributed by atoms with Crippen molar-refractivity contribution in [1.29, 1.82) is 0 Å². The highest BCUT2D eigenvalue weighted by Crippen LogP contribution is 2.26. The highest BCUT2D eigenvalue weighted by Gasteiger charge is 2.09. The van der Waals surface area contributed by atoms with Gasteiger partial charge in [0.2, 0.25) is 5.91 Å². The van der Waals surface area contributed by atoms with Crippen molar-refractivity contribution in [1.82, 2.24) is 10.9 Å². The maximum Gasteiger partial charge on any atom is 0.276 e. The van der Waals surface area contributed by atoms with E-state index in [1.165, 1.54) is 5.56 Å². The summed E-state index contributed by atoms with van der Waals surface area (Å²) in [5, 5.41) is 0. The van der Waals surface area contributed by atoms with E-state index in [-0.39, 0.29) is 18.9 Å². The Hall–Kier alpha value is -2.34. The summed E-state index contributed by atoms with van der Waals surface area (Å²) in [4.78, 5) is 23.7. The van der Waals surface area contributed by atoms with Crippen LogP contribution in [0, 0.1) is 6.92 Å². The van der Waals surface area contributed by atoms with Gasteiger partial charge in [-0.25, -0.2) is 0 Å². The molecule has 2 aromatic rings. The van der Waals surface area contributed by atoms with Gasteiger partial charge in [0, 0.05) is 0 Å². The van der Waals surface area contributed by atoms with Crippen LogP contribution in [-0.4, -0.2) is 18.4 Å². The van der Waals surface area contributed by atoms with Crippen molar-refractivity contribution >= 4 is 27.7 Å². The molecule has 132 valence electrons. The van der Waals surface area contributed by atoms with E-state index in [1.54, 1.807) is 0 Å². The summed E-state index contributed by atoms with van der Waals surface area (Å²) in [7, 11) is 0. The third-order valence-electron chi connectivity index (χ3n) is 3.72. The Morgan fingerprint density at radius 1 is 1.08 bits per heavy atom. The van der Waals surface area contributed by atoms with Crippen molar-refractivity contribution in [2.45, 2.75) is 26.7 Å². The third-order valence-corrected chi connectivity index (χ3v) is 4.34. The van der Waals surface area contributed by atoms with E-state index in [1.807, 2.05) is 49.4 Å². The van der Waals surface area contributed by atoms with Crippen LogP contribution in [0.3, 0.4) is 0 Å². The minimum absolute atomic E-state index is 0.186. The van der Waals surface area contributed by atoms with Crippen LogP contribution >= 0.6 is 15.9 Å². The van der Waals surface area contributed by atoms with Crippen LogP contribution in [0.2, 0.25) is 0 Å². The number of ether oxygens (including phenoxy) is 1. The number of carbonyl (C=O) groups excluding carboxylic acids is 2. The topological polar surface area (TPSA) is 67.4 Å². The lowest BCUT2D eigenvalue weighted by atomic mass is 10.1. The van der Waals surface area contributed by atoms with E-state index >= 15 is 0 Å². The van der Waals surface area contributed by atoms with Crippen LogP contribution in [0.25, 0.3) is 0 Å². The fourth-order valence-electron chi connectivity index (χ4n) is 2.23. The van der Waals surface area contributed by atoms with E-state index in [4.69, 9.17) is 4.74 Å². The van der Waals surface area contributed by atoms with E-state index in [2.05, 4.69) is 33.7 Å². The van der Waals surface area contributed by atoms with E-state index < -0.39 is 5.91 Å². The van der Waals surface area contributed by atoms with Gasteiger partial charge in [0.15, 0.2) is 6.61 Å². The standard InChI is InChI=1S/C19H21BrN2O3/c1-3-14-8-9-17(16(20)10-14)25-12-19(24)22-21-18(23)11-15-7-5-4-6-13(15)2/h4-10H,3,11-12H2,1-2H3,(H,21,23)(H,22,24). The van der Waals surface area contributed by atoms with E-state index in [0.717, 1.165) is 22.0 Å². The molecule has 2 aromatic carbocycles. The zero-order valence-electron chi connectivity index (χ0n) is 14.3. The Morgan fingerprint density at radius 3 is 2.48 bits per heavy atom. The number of nitrogens with one attached hydrogen (secondary N) is 2. The molecule has 6 heteroatoms. The molecule has 0 saturated heterocycles. The van der Waals surface area contributed by atoms with Crippen molar-refractivity contribution in [2.75, 3.05) is 6.61 Å². The monoisotopic (exact) mass is 404 g/mol. The highest BCUT2D eigenvalue weighted by atomic mass is 79.9. The lowest BCUT2D eigenvalue weighted by Gasteiger charge is -2.11. The molecule has 2 N–H and O–H groups in total. The first kappa shape index (κ1) is 19.0. The lowest BCUT2D eigenvalue weighted by Crippen LogP contribution is -2.44. The summed E-state index contributed by atoms with van der Waals surface area (Å²) in [5.41, 5.74) is 7.88. The van der Waals surface area contributed by atoms with E-state index in [0.29, 0.717) is 5.75 Å². The van der Waals surface area contributed by atoms with Crippen molar-refractivity contribution in [3.8, 4) is 5.75 Å². The zero-order chi connectivity index (χ0) is 18.2. The van der Waals surface area contributed by atoms with Gasteiger partial charge in [-0.3, -0.25) is 20.4 Å². The van der Waals surface area contributed by atoms with E-state index in [9.17, 15) is 9.59 Å². The molecule has 0 aliphatic heterocycles. The van der Waals surface area contributed by atoms with Crippen LogP contribution in [0.15, 0.2) is 46.9 Å². The van der Waals surface area contributed by atoms with Crippen molar-refractivity contribution in [3.63, 3.8) is 0 Å². The first-order chi connectivity index (χ1) is 12.0. The molecule has 0 unspecified atom stereocenters. The Labute approximate surface area is 155 Å². The van der Waals surface area contributed by atoms with Gasteiger partial charge in [0.1, 0.15) is 5.75 Å². The predicted molar refractivity (Wildman–Crippen MR) is 100 cm³/mol. The summed E-state index contributed by atoms with van der Waals surface area (Å²) in [6, 6.07) is 13.3. The van der Waals surface area contributed by atoms with Crippen LogP contribution in [0.1, 0.15) is 23.6 Å². The molecular weight excluding hydrogens is 384 g/mol. The van der Waals surface area contributed by atoms with Crippen LogP contribution in [0.4, 0.5) is 0 Å². The summed E-state index contributed by atoms with van der Waals surface area (Å²) >= 11 is 3.42. The zero-order valence-corrected chi connectivity index (χ0v) is 15.9. The molecule has 0 spiro atoms. The first-order valence-corrected chi connectivity index (χ1v) is 8.82. The number of hydrogen-bond donors (Lipinski definition) is 2. The maximum atomic E-state index is 11.9. The fraction of sp³-hybridized carbons (Fsp3) is 0.263. The molecule has 5 nitrogen and oxygen atoms in total. The van der Waals surface area contributed by atoms with Gasteiger partial charge in [-0.05, 0) is 58.1 Å². The first-order valence-electron chi connectivity index (χ1n) is 8.03. The fourth-order valence-corrected chi connectivity index (χ4v) is 2.77. The van der Waals surface area contributed by atoms with Gasteiger partial charge in [-0.15, -0.1) is 0 Å². The van der Waals surface area contributed by atoms with Gasteiger partial charge >= 0.3 is 0 Å². The summed E-state index contributed by atoms with van der Waals surface area (Å²) < 4.78 is 6.25. The third kappa shape index (κ3) is 5.90. The molecule has 0 aliphatic carbocycles. The lowest BCUT2D eigenvalue weighted by molar-refractivity contribution is -0.129. The highest BCUT2D eigenvalue weighted by molar-refractivity contribution is 9.10. The number of halogens is 1. The number of carbonyl (C=O) groups is 2. The van der Waals surface area contributed by atoms with Crippen molar-refractivity contribution < 1.29 is 14.3 Å². The minimum atomic E-state index is -0.426. The summed E-state index contributed by atoms with van der Waals surface area (Å²) in [6.07, 6.45) is 1.13. The SMILES string of the molecule is CCc1ccc(OCC(=O)NNC(=O)Cc2ccccc2C)c(Br)c1. The second kappa shape index (κ2) is 9.22. The normalized spacial score (nSPS) is 10.2.